The summed E-state index contributed by atoms with van der Waals surface area (Å²) in [5.74, 6) is 1.44. The molecule has 2 aromatic rings. The highest BCUT2D eigenvalue weighted by Gasteiger charge is 2.15. The molecule has 2 rings (SSSR count). The number of hydrogen-bond acceptors (Lipinski definition) is 1. The zero-order chi connectivity index (χ0) is 16.3. The quantitative estimate of drug-likeness (QED) is 0.687. The van der Waals surface area contributed by atoms with Gasteiger partial charge in [-0.2, -0.15) is 0 Å². The van der Waals surface area contributed by atoms with Gasteiger partial charge in [-0.3, -0.25) is 0 Å². The van der Waals surface area contributed by atoms with Crippen LogP contribution in [-0.2, 0) is 6.42 Å². The van der Waals surface area contributed by atoms with E-state index in [1.54, 1.807) is 0 Å². The van der Waals surface area contributed by atoms with Crippen molar-refractivity contribution in [1.29, 1.82) is 0 Å². The Hall–Kier alpha value is -1.76. The van der Waals surface area contributed by atoms with Crippen LogP contribution in [0.4, 0.5) is 5.69 Å². The largest absolute Gasteiger partial charge is 0.398 e. The molecular formula is C21H29N. The third-order valence-electron chi connectivity index (χ3n) is 4.46. The summed E-state index contributed by atoms with van der Waals surface area (Å²) in [5, 5.41) is 0. The second kappa shape index (κ2) is 7.00. The molecule has 1 unspecified atom stereocenters. The summed E-state index contributed by atoms with van der Waals surface area (Å²) < 4.78 is 0. The van der Waals surface area contributed by atoms with Crippen molar-refractivity contribution in [1.82, 2.24) is 0 Å². The summed E-state index contributed by atoms with van der Waals surface area (Å²) in [4.78, 5) is 0. The molecule has 1 nitrogen and oxygen atoms in total. The summed E-state index contributed by atoms with van der Waals surface area (Å²) in [5.41, 5.74) is 12.8. The van der Waals surface area contributed by atoms with Gasteiger partial charge in [0.1, 0.15) is 0 Å². The standard InChI is InChI=1S/C21H29N/c1-14(2)19-12-17(13-20(15(3)4)21(19)22)11-16(5)18-9-7-6-8-10-18/h6-10,12-16H,11,22H2,1-5H3. The van der Waals surface area contributed by atoms with Crippen molar-refractivity contribution in [3.63, 3.8) is 0 Å². The molecule has 2 aromatic carbocycles. The van der Waals surface area contributed by atoms with Gasteiger partial charge < -0.3 is 5.73 Å². The lowest BCUT2D eigenvalue weighted by molar-refractivity contribution is 0.750. The normalized spacial score (nSPS) is 12.9. The van der Waals surface area contributed by atoms with E-state index in [-0.39, 0.29) is 0 Å². The van der Waals surface area contributed by atoms with E-state index in [1.807, 2.05) is 0 Å². The second-order valence-electron chi connectivity index (χ2n) is 7.01. The van der Waals surface area contributed by atoms with Crippen LogP contribution in [0.25, 0.3) is 0 Å². The minimum atomic E-state index is 0.462. The number of anilines is 1. The van der Waals surface area contributed by atoms with Gasteiger partial charge in [-0.25, -0.2) is 0 Å². The van der Waals surface area contributed by atoms with Crippen LogP contribution in [0.15, 0.2) is 42.5 Å². The van der Waals surface area contributed by atoms with Gasteiger partial charge in [0.2, 0.25) is 0 Å². The highest BCUT2D eigenvalue weighted by atomic mass is 14.6. The Kier molecular flexibility index (Phi) is 5.28. The lowest BCUT2D eigenvalue weighted by atomic mass is 9.87. The molecule has 0 saturated carbocycles. The van der Waals surface area contributed by atoms with Gasteiger partial charge >= 0.3 is 0 Å². The fourth-order valence-corrected chi connectivity index (χ4v) is 3.09. The van der Waals surface area contributed by atoms with Gasteiger partial charge in [0, 0.05) is 5.69 Å². The molecule has 0 heterocycles. The molecule has 2 N–H and O–H groups in total. The minimum Gasteiger partial charge on any atom is -0.398 e. The molecule has 0 aliphatic rings. The molecule has 1 atom stereocenters. The van der Waals surface area contributed by atoms with Crippen LogP contribution in [0.1, 0.15) is 74.6 Å². The number of benzene rings is 2. The maximum atomic E-state index is 6.40. The van der Waals surface area contributed by atoms with Crippen molar-refractivity contribution < 1.29 is 0 Å². The fraction of sp³-hybridized carbons (Fsp3) is 0.429. The van der Waals surface area contributed by atoms with Crippen LogP contribution < -0.4 is 5.73 Å². The molecule has 0 saturated heterocycles. The zero-order valence-corrected chi connectivity index (χ0v) is 14.6. The van der Waals surface area contributed by atoms with Gasteiger partial charge in [0.05, 0.1) is 0 Å². The second-order valence-corrected chi connectivity index (χ2v) is 7.01. The maximum absolute atomic E-state index is 6.40. The third kappa shape index (κ3) is 3.71. The molecule has 22 heavy (non-hydrogen) atoms. The molecule has 0 aliphatic carbocycles. The van der Waals surface area contributed by atoms with Crippen molar-refractivity contribution in [2.24, 2.45) is 0 Å². The Balaban J connectivity index is 2.35. The Labute approximate surface area is 135 Å². The molecule has 0 amide bonds. The average molecular weight is 295 g/mol. The predicted molar refractivity (Wildman–Crippen MR) is 97.6 cm³/mol. The SMILES string of the molecule is CC(C)c1cc(CC(C)c2ccccc2)cc(C(C)C)c1N. The van der Waals surface area contributed by atoms with E-state index in [2.05, 4.69) is 77.1 Å². The van der Waals surface area contributed by atoms with Crippen molar-refractivity contribution in [3.8, 4) is 0 Å². The molecule has 0 aliphatic heterocycles. The maximum Gasteiger partial charge on any atom is 0.0384 e. The number of nitrogen functional groups attached to an aromatic ring is 1. The van der Waals surface area contributed by atoms with Crippen molar-refractivity contribution in [3.05, 3.63) is 64.7 Å². The van der Waals surface area contributed by atoms with Crippen LogP contribution in [-0.4, -0.2) is 0 Å². The molecular weight excluding hydrogens is 266 g/mol. The summed E-state index contributed by atoms with van der Waals surface area (Å²) in [7, 11) is 0. The van der Waals surface area contributed by atoms with E-state index in [1.165, 1.54) is 22.3 Å². The molecule has 0 spiro atoms. The summed E-state index contributed by atoms with van der Waals surface area (Å²) >= 11 is 0. The first-order chi connectivity index (χ1) is 10.4. The highest BCUT2D eigenvalue weighted by molar-refractivity contribution is 5.58. The molecule has 0 fully saturated rings. The third-order valence-corrected chi connectivity index (χ3v) is 4.46. The van der Waals surface area contributed by atoms with Crippen molar-refractivity contribution in [2.45, 2.75) is 58.8 Å². The topological polar surface area (TPSA) is 26.0 Å². The molecule has 1 heteroatoms. The molecule has 118 valence electrons. The smallest absolute Gasteiger partial charge is 0.0384 e. The van der Waals surface area contributed by atoms with Gasteiger partial charge in [-0.1, -0.05) is 77.1 Å². The Morgan fingerprint density at radius 2 is 1.32 bits per heavy atom. The zero-order valence-electron chi connectivity index (χ0n) is 14.6. The number of rotatable bonds is 5. The van der Waals surface area contributed by atoms with Gasteiger partial charge in [-0.05, 0) is 46.4 Å². The summed E-state index contributed by atoms with van der Waals surface area (Å²) in [6, 6.07) is 15.4. The first-order valence-corrected chi connectivity index (χ1v) is 8.37. The Bertz CT molecular complexity index is 582. The number of hydrogen-bond donors (Lipinski definition) is 1. The van der Waals surface area contributed by atoms with Crippen LogP contribution in [0.3, 0.4) is 0 Å². The predicted octanol–water partition coefficient (Wildman–Crippen LogP) is 5.86. The monoisotopic (exact) mass is 295 g/mol. The minimum absolute atomic E-state index is 0.462. The van der Waals surface area contributed by atoms with Crippen LogP contribution in [0.2, 0.25) is 0 Å². The van der Waals surface area contributed by atoms with E-state index in [0.717, 1.165) is 12.1 Å². The Morgan fingerprint density at radius 1 is 0.818 bits per heavy atom. The molecule has 0 bridgehead atoms. The molecule has 0 radical (unpaired) electrons. The lowest BCUT2D eigenvalue weighted by Gasteiger charge is -2.20. The van der Waals surface area contributed by atoms with E-state index >= 15 is 0 Å². The Morgan fingerprint density at radius 3 is 1.77 bits per heavy atom. The number of nitrogens with two attached hydrogens (primary N) is 1. The lowest BCUT2D eigenvalue weighted by Crippen LogP contribution is -2.07. The first kappa shape index (κ1) is 16.6. The van der Waals surface area contributed by atoms with Gasteiger partial charge in [0.25, 0.3) is 0 Å². The van der Waals surface area contributed by atoms with E-state index < -0.39 is 0 Å². The van der Waals surface area contributed by atoms with Crippen LogP contribution in [0, 0.1) is 0 Å². The fourth-order valence-electron chi connectivity index (χ4n) is 3.09. The summed E-state index contributed by atoms with van der Waals surface area (Å²) in [6.45, 7) is 11.2. The van der Waals surface area contributed by atoms with E-state index in [4.69, 9.17) is 5.73 Å². The van der Waals surface area contributed by atoms with E-state index in [0.29, 0.717) is 17.8 Å². The van der Waals surface area contributed by atoms with Crippen LogP contribution >= 0.6 is 0 Å². The van der Waals surface area contributed by atoms with Gasteiger partial charge in [0.15, 0.2) is 0 Å². The average Bonchev–Trinajstić information content (AvgIpc) is 2.49. The summed E-state index contributed by atoms with van der Waals surface area (Å²) in [6.07, 6.45) is 1.06. The molecule has 0 aromatic heterocycles. The van der Waals surface area contributed by atoms with Crippen molar-refractivity contribution >= 4 is 5.69 Å². The van der Waals surface area contributed by atoms with E-state index in [9.17, 15) is 0 Å². The van der Waals surface area contributed by atoms with Crippen LogP contribution in [0.5, 0.6) is 0 Å². The van der Waals surface area contributed by atoms with Crippen molar-refractivity contribution in [2.75, 3.05) is 5.73 Å². The van der Waals surface area contributed by atoms with Gasteiger partial charge in [-0.15, -0.1) is 0 Å². The first-order valence-electron chi connectivity index (χ1n) is 8.37. The highest BCUT2D eigenvalue weighted by Crippen LogP contribution is 2.33.